The van der Waals surface area contributed by atoms with Crippen LogP contribution in [0.3, 0.4) is 0 Å². The van der Waals surface area contributed by atoms with E-state index in [2.05, 4.69) is 10.3 Å². The maximum absolute atomic E-state index is 13.8. The molecule has 10 heteroatoms. The maximum Gasteiger partial charge on any atom is 0.269 e. The normalized spacial score (nSPS) is 10.5. The van der Waals surface area contributed by atoms with E-state index in [1.54, 1.807) is 23.6 Å². The van der Waals surface area contributed by atoms with Crippen molar-refractivity contribution in [1.82, 2.24) is 4.98 Å². The van der Waals surface area contributed by atoms with Gasteiger partial charge in [-0.05, 0) is 30.3 Å². The lowest BCUT2D eigenvalue weighted by molar-refractivity contribution is -0.384. The van der Waals surface area contributed by atoms with Gasteiger partial charge in [0.15, 0.2) is 16.7 Å². The van der Waals surface area contributed by atoms with E-state index in [1.807, 2.05) is 0 Å². The molecule has 7 nitrogen and oxygen atoms in total. The van der Waals surface area contributed by atoms with E-state index in [4.69, 9.17) is 4.74 Å². The Balaban J connectivity index is 1.58. The number of ether oxygens (including phenoxy) is 1. The van der Waals surface area contributed by atoms with Crippen molar-refractivity contribution >= 4 is 39.8 Å². The van der Waals surface area contributed by atoms with Crippen molar-refractivity contribution in [2.45, 2.75) is 4.90 Å². The number of non-ortho nitro benzene ring substituents is 1. The maximum atomic E-state index is 13.8. The third-order valence-corrected chi connectivity index (χ3v) is 5.39. The number of hydrogen-bond donors (Lipinski definition) is 1. The zero-order valence-corrected chi connectivity index (χ0v) is 16.2. The Morgan fingerprint density at radius 2 is 2.07 bits per heavy atom. The number of halogens is 1. The Labute approximate surface area is 167 Å². The summed E-state index contributed by atoms with van der Waals surface area (Å²) < 4.78 is 18.7. The minimum Gasteiger partial charge on any atom is -0.494 e. The summed E-state index contributed by atoms with van der Waals surface area (Å²) in [5, 5.41) is 15.5. The average molecular weight is 419 g/mol. The number of methoxy groups -OCH3 is 1. The highest BCUT2D eigenvalue weighted by Gasteiger charge is 2.11. The lowest BCUT2D eigenvalue weighted by atomic mass is 10.1. The number of hydrogen-bond acceptors (Lipinski definition) is 7. The molecule has 0 radical (unpaired) electrons. The molecule has 0 saturated heterocycles. The SMILES string of the molecule is COc1ccc(-c2csc(NC(=O)CSc3ccc([N+](=O)[O-])cc3)n2)cc1F. The number of nitrogens with one attached hydrogen (secondary N) is 1. The van der Waals surface area contributed by atoms with Crippen LogP contribution in [-0.4, -0.2) is 28.7 Å². The predicted octanol–water partition coefficient (Wildman–Crippen LogP) is 4.60. The molecular weight excluding hydrogens is 405 g/mol. The zero-order chi connectivity index (χ0) is 20.1. The van der Waals surface area contributed by atoms with E-state index < -0.39 is 10.7 Å². The fraction of sp³-hybridized carbons (Fsp3) is 0.111. The molecule has 0 saturated carbocycles. The van der Waals surface area contributed by atoms with Crippen molar-refractivity contribution in [2.75, 3.05) is 18.2 Å². The average Bonchev–Trinajstić information content (AvgIpc) is 3.15. The summed E-state index contributed by atoms with van der Waals surface area (Å²) >= 11 is 2.49. The first-order chi connectivity index (χ1) is 13.5. The van der Waals surface area contributed by atoms with Crippen LogP contribution in [0, 0.1) is 15.9 Å². The highest BCUT2D eigenvalue weighted by atomic mass is 32.2. The second kappa shape index (κ2) is 8.81. The topological polar surface area (TPSA) is 94.4 Å². The quantitative estimate of drug-likeness (QED) is 0.342. The van der Waals surface area contributed by atoms with Crippen LogP contribution in [0.25, 0.3) is 11.3 Å². The molecule has 0 aliphatic rings. The Kier molecular flexibility index (Phi) is 6.22. The smallest absolute Gasteiger partial charge is 0.269 e. The first-order valence-electron chi connectivity index (χ1n) is 7.93. The highest BCUT2D eigenvalue weighted by molar-refractivity contribution is 8.00. The van der Waals surface area contributed by atoms with Gasteiger partial charge < -0.3 is 10.1 Å². The van der Waals surface area contributed by atoms with E-state index in [0.717, 1.165) is 4.90 Å². The van der Waals surface area contributed by atoms with Gasteiger partial charge in [-0.25, -0.2) is 9.37 Å². The van der Waals surface area contributed by atoms with Crippen molar-refractivity contribution in [2.24, 2.45) is 0 Å². The first-order valence-corrected chi connectivity index (χ1v) is 9.79. The standard InChI is InChI=1S/C18H14FN3O4S2/c1-26-16-7-2-11(8-14(16)19)15-9-28-18(20-15)21-17(23)10-27-13-5-3-12(4-6-13)22(24)25/h2-9H,10H2,1H3,(H,20,21,23). The molecule has 0 aliphatic heterocycles. The number of aromatic nitrogens is 1. The molecular formula is C18H14FN3O4S2. The van der Waals surface area contributed by atoms with Gasteiger partial charge in [0.05, 0.1) is 23.5 Å². The molecule has 2 aromatic carbocycles. The third-order valence-electron chi connectivity index (χ3n) is 3.62. The van der Waals surface area contributed by atoms with Gasteiger partial charge >= 0.3 is 0 Å². The zero-order valence-electron chi connectivity index (χ0n) is 14.5. The molecule has 1 N–H and O–H groups in total. The van der Waals surface area contributed by atoms with E-state index in [9.17, 15) is 19.3 Å². The monoisotopic (exact) mass is 419 g/mol. The summed E-state index contributed by atoms with van der Waals surface area (Å²) in [5.41, 5.74) is 1.12. The van der Waals surface area contributed by atoms with Gasteiger partial charge in [0.1, 0.15) is 0 Å². The fourth-order valence-corrected chi connectivity index (χ4v) is 3.69. The summed E-state index contributed by atoms with van der Waals surface area (Å²) in [5.74, 6) is -0.469. The minimum absolute atomic E-state index is 0.000847. The number of carbonyl (C=O) groups is 1. The summed E-state index contributed by atoms with van der Waals surface area (Å²) in [4.78, 5) is 27.3. The molecule has 0 fully saturated rings. The number of thiazole rings is 1. The predicted molar refractivity (Wildman–Crippen MR) is 107 cm³/mol. The van der Waals surface area contributed by atoms with Gasteiger partial charge in [0.25, 0.3) is 5.69 Å². The molecule has 28 heavy (non-hydrogen) atoms. The Hall–Kier alpha value is -2.98. The van der Waals surface area contributed by atoms with Crippen molar-refractivity contribution in [1.29, 1.82) is 0 Å². The fourth-order valence-electron chi connectivity index (χ4n) is 2.26. The number of nitro groups is 1. The molecule has 0 bridgehead atoms. The molecule has 3 rings (SSSR count). The van der Waals surface area contributed by atoms with E-state index in [-0.39, 0.29) is 23.1 Å². The molecule has 0 spiro atoms. The van der Waals surface area contributed by atoms with Crippen molar-refractivity contribution < 1.29 is 18.8 Å². The highest BCUT2D eigenvalue weighted by Crippen LogP contribution is 2.28. The van der Waals surface area contributed by atoms with Crippen LogP contribution in [0.4, 0.5) is 15.2 Å². The van der Waals surface area contributed by atoms with Gasteiger partial charge in [-0.15, -0.1) is 23.1 Å². The van der Waals surface area contributed by atoms with Crippen LogP contribution in [0.15, 0.2) is 52.7 Å². The van der Waals surface area contributed by atoms with E-state index in [0.29, 0.717) is 16.4 Å². The van der Waals surface area contributed by atoms with Gasteiger partial charge in [0, 0.05) is 28.0 Å². The van der Waals surface area contributed by atoms with Gasteiger partial charge in [-0.2, -0.15) is 0 Å². The number of carbonyl (C=O) groups excluding carboxylic acids is 1. The molecule has 1 aromatic heterocycles. The van der Waals surface area contributed by atoms with Crippen LogP contribution in [-0.2, 0) is 4.79 Å². The minimum atomic E-state index is -0.488. The number of anilines is 1. The van der Waals surface area contributed by atoms with Crippen molar-refractivity contribution in [3.05, 3.63) is 63.8 Å². The van der Waals surface area contributed by atoms with E-state index >= 15 is 0 Å². The number of nitrogens with zero attached hydrogens (tertiary/aromatic N) is 2. The molecule has 1 heterocycles. The first kappa shape index (κ1) is 19.8. The van der Waals surface area contributed by atoms with Crippen molar-refractivity contribution in [3.63, 3.8) is 0 Å². The Bertz CT molecular complexity index is 1010. The molecule has 0 atom stereocenters. The lowest BCUT2D eigenvalue weighted by Gasteiger charge is -2.03. The molecule has 0 unspecified atom stereocenters. The second-order valence-corrected chi connectivity index (χ2v) is 7.38. The number of benzene rings is 2. The van der Waals surface area contributed by atoms with Crippen LogP contribution in [0.2, 0.25) is 0 Å². The number of rotatable bonds is 7. The Morgan fingerprint density at radius 1 is 1.32 bits per heavy atom. The molecule has 1 amide bonds. The van der Waals surface area contributed by atoms with Crippen molar-refractivity contribution in [3.8, 4) is 17.0 Å². The second-order valence-electron chi connectivity index (χ2n) is 5.48. The Morgan fingerprint density at radius 3 is 2.71 bits per heavy atom. The van der Waals surface area contributed by atoms with Crippen LogP contribution in [0.1, 0.15) is 0 Å². The van der Waals surface area contributed by atoms with Crippen LogP contribution < -0.4 is 10.1 Å². The number of nitro benzene ring substituents is 1. The molecule has 144 valence electrons. The summed E-state index contributed by atoms with van der Waals surface area (Å²) in [7, 11) is 1.39. The summed E-state index contributed by atoms with van der Waals surface area (Å²) in [6.45, 7) is 0. The van der Waals surface area contributed by atoms with Crippen LogP contribution >= 0.6 is 23.1 Å². The summed E-state index contributed by atoms with van der Waals surface area (Å²) in [6, 6.07) is 10.5. The molecule has 0 aliphatic carbocycles. The van der Waals surface area contributed by atoms with Gasteiger partial charge in [-0.3, -0.25) is 14.9 Å². The van der Waals surface area contributed by atoms with Gasteiger partial charge in [0.2, 0.25) is 5.91 Å². The van der Waals surface area contributed by atoms with Gasteiger partial charge in [-0.1, -0.05) is 0 Å². The third kappa shape index (κ3) is 4.84. The lowest BCUT2D eigenvalue weighted by Crippen LogP contribution is -2.13. The largest absolute Gasteiger partial charge is 0.494 e. The number of amides is 1. The molecule has 3 aromatic rings. The van der Waals surface area contributed by atoms with Crippen LogP contribution in [0.5, 0.6) is 5.75 Å². The van der Waals surface area contributed by atoms with E-state index in [1.165, 1.54) is 54.5 Å². The summed E-state index contributed by atoms with van der Waals surface area (Å²) in [6.07, 6.45) is 0. The number of thioether (sulfide) groups is 1.